The molecule has 1 fully saturated rings. The molecule has 0 radical (unpaired) electrons. The van der Waals surface area contributed by atoms with Crippen LogP contribution in [0.3, 0.4) is 0 Å². The first kappa shape index (κ1) is 24.6. The topological polar surface area (TPSA) is 102 Å². The van der Waals surface area contributed by atoms with Crippen LogP contribution in [0.25, 0.3) is 0 Å². The molecule has 4 rings (SSSR count). The maximum atomic E-state index is 13.5. The summed E-state index contributed by atoms with van der Waals surface area (Å²) in [5.41, 5.74) is 5.10. The molecule has 1 aliphatic heterocycles. The third kappa shape index (κ3) is 4.43. The number of carbonyl (C=O) groups is 2. The van der Waals surface area contributed by atoms with Crippen molar-refractivity contribution in [1.82, 2.24) is 4.90 Å². The number of nitriles is 1. The average molecular weight is 493 g/mol. The number of nitrogens with two attached hydrogens (primary N) is 1. The van der Waals surface area contributed by atoms with Crippen LogP contribution in [0.15, 0.2) is 66.7 Å². The highest BCUT2D eigenvalue weighted by Crippen LogP contribution is 2.38. The number of rotatable bonds is 5. The monoisotopic (exact) mass is 493 g/mol. The lowest BCUT2D eigenvalue weighted by molar-refractivity contribution is -0.137. The Kier molecular flexibility index (Phi) is 6.10. The normalized spacial score (nSPS) is 15.2. The Balaban J connectivity index is 1.67. The van der Waals surface area contributed by atoms with Crippen molar-refractivity contribution in [1.29, 1.82) is 5.26 Å². The quantitative estimate of drug-likeness (QED) is 0.353. The fraction of sp³-hybridized carbons (Fsp3) is 0.192. The summed E-state index contributed by atoms with van der Waals surface area (Å²) >= 11 is 0. The number of urea groups is 1. The molecule has 1 heterocycles. The molecule has 7 nitrogen and oxygen atoms in total. The van der Waals surface area contributed by atoms with E-state index < -0.39 is 34.8 Å². The molecule has 10 heteroatoms. The van der Waals surface area contributed by atoms with Gasteiger partial charge in [0.15, 0.2) is 0 Å². The van der Waals surface area contributed by atoms with Gasteiger partial charge in [0.1, 0.15) is 5.54 Å². The van der Waals surface area contributed by atoms with Crippen molar-refractivity contribution in [3.8, 4) is 6.07 Å². The van der Waals surface area contributed by atoms with E-state index in [1.807, 2.05) is 12.1 Å². The molecule has 0 unspecified atom stereocenters. The zero-order valence-electron chi connectivity index (χ0n) is 19.4. The standard InChI is InChI=1S/C26H22F3N5O2/c1-25(2)23(35)34(20-12-7-16(14-30)21(13-20)26(27,28)29)24(36)33(25)15-17-5-3-4-6-22(17)32-19-10-8-18(31)9-11-19/h3-13,32H,15,31H2,1-2H3. The van der Waals surface area contributed by atoms with Gasteiger partial charge in [-0.3, -0.25) is 4.79 Å². The minimum atomic E-state index is -4.82. The number of carbonyl (C=O) groups excluding carboxylic acids is 2. The first-order chi connectivity index (χ1) is 16.9. The second-order valence-corrected chi connectivity index (χ2v) is 8.81. The summed E-state index contributed by atoms with van der Waals surface area (Å²) in [6.45, 7) is 3.10. The second kappa shape index (κ2) is 8.92. The van der Waals surface area contributed by atoms with Gasteiger partial charge in [0.2, 0.25) is 0 Å². The lowest BCUT2D eigenvalue weighted by atomic mass is 10.0. The second-order valence-electron chi connectivity index (χ2n) is 8.81. The number of halogens is 3. The molecular weight excluding hydrogens is 471 g/mol. The number of hydrogen-bond donors (Lipinski definition) is 2. The SMILES string of the molecule is CC1(C)C(=O)N(c2ccc(C#N)c(C(F)(F)F)c2)C(=O)N1Cc1ccccc1Nc1ccc(N)cc1. The van der Waals surface area contributed by atoms with E-state index in [-0.39, 0.29) is 12.2 Å². The fourth-order valence-corrected chi connectivity index (χ4v) is 4.00. The summed E-state index contributed by atoms with van der Waals surface area (Å²) in [7, 11) is 0. The highest BCUT2D eigenvalue weighted by molar-refractivity contribution is 6.23. The van der Waals surface area contributed by atoms with Crippen molar-refractivity contribution in [3.63, 3.8) is 0 Å². The molecule has 1 saturated heterocycles. The van der Waals surface area contributed by atoms with Gasteiger partial charge in [0, 0.05) is 17.1 Å². The molecule has 0 saturated carbocycles. The highest BCUT2D eigenvalue weighted by Gasteiger charge is 2.52. The number of imide groups is 1. The number of nitrogen functional groups attached to an aromatic ring is 1. The number of benzene rings is 3. The maximum absolute atomic E-state index is 13.5. The van der Waals surface area contributed by atoms with E-state index in [1.54, 1.807) is 36.4 Å². The van der Waals surface area contributed by atoms with E-state index in [0.29, 0.717) is 23.0 Å². The van der Waals surface area contributed by atoms with Crippen LogP contribution >= 0.6 is 0 Å². The first-order valence-corrected chi connectivity index (χ1v) is 10.9. The molecule has 0 atom stereocenters. The third-order valence-corrected chi connectivity index (χ3v) is 6.05. The molecule has 3 amide bonds. The van der Waals surface area contributed by atoms with Gasteiger partial charge in [-0.15, -0.1) is 0 Å². The molecule has 36 heavy (non-hydrogen) atoms. The summed E-state index contributed by atoms with van der Waals surface area (Å²) < 4.78 is 40.5. The van der Waals surface area contributed by atoms with Gasteiger partial charge in [-0.2, -0.15) is 18.4 Å². The summed E-state index contributed by atoms with van der Waals surface area (Å²) in [6, 6.07) is 17.8. The van der Waals surface area contributed by atoms with Crippen LogP contribution in [0.4, 0.5) is 40.7 Å². The van der Waals surface area contributed by atoms with Crippen molar-refractivity contribution in [2.24, 2.45) is 0 Å². The van der Waals surface area contributed by atoms with Crippen LogP contribution in [-0.2, 0) is 17.5 Å². The van der Waals surface area contributed by atoms with Gasteiger partial charge in [0.25, 0.3) is 5.91 Å². The van der Waals surface area contributed by atoms with E-state index in [4.69, 9.17) is 11.0 Å². The van der Waals surface area contributed by atoms with Crippen molar-refractivity contribution in [2.75, 3.05) is 16.0 Å². The minimum Gasteiger partial charge on any atom is -0.399 e. The van der Waals surface area contributed by atoms with Crippen LogP contribution in [0, 0.1) is 11.3 Å². The van der Waals surface area contributed by atoms with Crippen LogP contribution in [-0.4, -0.2) is 22.4 Å². The zero-order valence-corrected chi connectivity index (χ0v) is 19.4. The van der Waals surface area contributed by atoms with Crippen LogP contribution in [0.1, 0.15) is 30.5 Å². The Bertz CT molecular complexity index is 1380. The molecule has 0 aliphatic carbocycles. The van der Waals surface area contributed by atoms with Crippen molar-refractivity contribution < 1.29 is 22.8 Å². The number of anilines is 4. The number of para-hydroxylation sites is 1. The minimum absolute atomic E-state index is 0.0224. The average Bonchev–Trinajstić information content (AvgIpc) is 3.00. The van der Waals surface area contributed by atoms with Gasteiger partial charge in [-0.05, 0) is 67.9 Å². The number of nitrogens with one attached hydrogen (secondary N) is 1. The molecule has 3 N–H and O–H groups in total. The highest BCUT2D eigenvalue weighted by atomic mass is 19.4. The van der Waals surface area contributed by atoms with Crippen LogP contribution in [0.5, 0.6) is 0 Å². The molecule has 3 aromatic rings. The number of alkyl halides is 3. The van der Waals surface area contributed by atoms with Crippen LogP contribution in [0.2, 0.25) is 0 Å². The van der Waals surface area contributed by atoms with Gasteiger partial charge < -0.3 is 16.0 Å². The predicted molar refractivity (Wildman–Crippen MR) is 129 cm³/mol. The first-order valence-electron chi connectivity index (χ1n) is 10.9. The van der Waals surface area contributed by atoms with Gasteiger partial charge >= 0.3 is 12.2 Å². The number of hydrogen-bond acceptors (Lipinski definition) is 5. The largest absolute Gasteiger partial charge is 0.417 e. The van der Waals surface area contributed by atoms with Crippen molar-refractivity contribution in [3.05, 3.63) is 83.4 Å². The fourth-order valence-electron chi connectivity index (χ4n) is 4.00. The summed E-state index contributed by atoms with van der Waals surface area (Å²) in [4.78, 5) is 28.7. The van der Waals surface area contributed by atoms with Crippen molar-refractivity contribution >= 4 is 34.7 Å². The van der Waals surface area contributed by atoms with Gasteiger partial charge in [0.05, 0.1) is 29.4 Å². The van der Waals surface area contributed by atoms with Gasteiger partial charge in [-0.25, -0.2) is 9.69 Å². The molecule has 3 aromatic carbocycles. The van der Waals surface area contributed by atoms with E-state index in [0.717, 1.165) is 16.7 Å². The lowest BCUT2D eigenvalue weighted by Crippen LogP contribution is -2.43. The molecule has 0 bridgehead atoms. The van der Waals surface area contributed by atoms with Crippen LogP contribution < -0.4 is 16.0 Å². The van der Waals surface area contributed by atoms with E-state index in [9.17, 15) is 22.8 Å². The lowest BCUT2D eigenvalue weighted by Gasteiger charge is -2.28. The maximum Gasteiger partial charge on any atom is 0.417 e. The van der Waals surface area contributed by atoms with Gasteiger partial charge in [-0.1, -0.05) is 18.2 Å². The number of nitrogens with zero attached hydrogens (tertiary/aromatic N) is 3. The van der Waals surface area contributed by atoms with Crippen molar-refractivity contribution in [2.45, 2.75) is 32.1 Å². The molecule has 1 aliphatic rings. The van der Waals surface area contributed by atoms with E-state index in [2.05, 4.69) is 5.32 Å². The molecular formula is C26H22F3N5O2. The third-order valence-electron chi connectivity index (χ3n) is 6.05. The number of amides is 3. The summed E-state index contributed by atoms with van der Waals surface area (Å²) in [6.07, 6.45) is -4.82. The smallest absolute Gasteiger partial charge is 0.399 e. The zero-order chi connectivity index (χ0) is 26.3. The molecule has 0 spiro atoms. The predicted octanol–water partition coefficient (Wildman–Crippen LogP) is 5.65. The Morgan fingerprint density at radius 2 is 1.69 bits per heavy atom. The molecule has 0 aromatic heterocycles. The Morgan fingerprint density at radius 3 is 2.33 bits per heavy atom. The summed E-state index contributed by atoms with van der Waals surface area (Å²) in [5, 5.41) is 12.3. The van der Waals surface area contributed by atoms with E-state index >= 15 is 0 Å². The van der Waals surface area contributed by atoms with E-state index in [1.165, 1.54) is 30.9 Å². The summed E-state index contributed by atoms with van der Waals surface area (Å²) in [5.74, 6) is -0.672. The molecule has 184 valence electrons. The Hall–Kier alpha value is -4.52. The Labute approximate surface area is 205 Å². The Morgan fingerprint density at radius 1 is 1.03 bits per heavy atom.